The van der Waals surface area contributed by atoms with E-state index in [4.69, 9.17) is 0 Å². The lowest BCUT2D eigenvalue weighted by molar-refractivity contribution is -0.138. The quantitative estimate of drug-likeness (QED) is 0.121. The molecular formula is C60H30F18N3OP. The molecule has 12 aromatic rings. The van der Waals surface area contributed by atoms with Gasteiger partial charge in [0.2, 0.25) is 0 Å². The van der Waals surface area contributed by atoms with Crippen molar-refractivity contribution in [3.05, 3.63) is 215 Å². The van der Waals surface area contributed by atoms with Gasteiger partial charge in [-0.3, -0.25) is 0 Å². The Balaban J connectivity index is 1.06. The predicted molar refractivity (Wildman–Crippen MR) is 279 cm³/mol. The number of benzene rings is 9. The molecule has 0 amide bonds. The molecule has 0 N–H and O–H groups in total. The Morgan fingerprint density at radius 1 is 0.229 bits per heavy atom. The normalized spacial score (nSPS) is 13.5. The van der Waals surface area contributed by atoms with Crippen molar-refractivity contribution in [2.24, 2.45) is 0 Å². The minimum Gasteiger partial charge on any atom is -0.309 e. The van der Waals surface area contributed by atoms with Gasteiger partial charge in [-0.1, -0.05) is 36.4 Å². The topological polar surface area (TPSA) is 31.9 Å². The number of alkyl halides is 18. The molecule has 0 aliphatic carbocycles. The van der Waals surface area contributed by atoms with Gasteiger partial charge in [-0.05, 0) is 146 Å². The Bertz CT molecular complexity index is 3970. The van der Waals surface area contributed by atoms with Crippen molar-refractivity contribution in [3.63, 3.8) is 0 Å². The minimum absolute atomic E-state index is 0.0183. The van der Waals surface area contributed by atoms with Gasteiger partial charge in [0.15, 0.2) is 7.14 Å². The van der Waals surface area contributed by atoms with Crippen LogP contribution in [0.5, 0.6) is 0 Å². The second kappa shape index (κ2) is 18.4. The molecular weight excluding hydrogens is 1150 g/mol. The fourth-order valence-corrected chi connectivity index (χ4v) is 13.4. The standard InChI is InChI=1S/C60H30F18N3OP/c61-55(62,63)31-1-19-43-44-20-2-32(56(64,65)66)26-50(44)79(49(43)25-31)37-7-13-40(14-8-37)83(82,41-15-9-38(10-16-41)80-51-27-33(57(67,68)69)3-21-45(51)46-22-4-34(28-52(46)80)58(70,71)72)42-17-11-39(12-18-42)81-53-29-35(59(73,74)75)5-23-47(53)48-24-6-36(30-54(48)81)60(76,77)78/h1-30H. The highest BCUT2D eigenvalue weighted by Crippen LogP contribution is 2.47. The van der Waals surface area contributed by atoms with Gasteiger partial charge in [-0.25, -0.2) is 0 Å². The zero-order chi connectivity index (χ0) is 59.3. The third kappa shape index (κ3) is 9.21. The first-order valence-electron chi connectivity index (χ1n) is 24.4. The van der Waals surface area contributed by atoms with Crippen LogP contribution >= 0.6 is 7.14 Å². The van der Waals surface area contributed by atoms with Crippen LogP contribution in [0.4, 0.5) is 79.0 Å². The number of hydrogen-bond donors (Lipinski definition) is 0. The fraction of sp³-hybridized carbons (Fsp3) is 0.100. The van der Waals surface area contributed by atoms with Crippen molar-refractivity contribution in [2.75, 3.05) is 0 Å². The number of fused-ring (bicyclic) bond motifs is 9. The van der Waals surface area contributed by atoms with E-state index in [0.29, 0.717) is 0 Å². The van der Waals surface area contributed by atoms with Gasteiger partial charge >= 0.3 is 37.1 Å². The minimum atomic E-state index is -4.90. The summed E-state index contributed by atoms with van der Waals surface area (Å²) in [5, 5.41) is 0.600. The van der Waals surface area contributed by atoms with E-state index < -0.39 is 77.6 Å². The van der Waals surface area contributed by atoms with Gasteiger partial charge in [0.25, 0.3) is 0 Å². The largest absolute Gasteiger partial charge is 0.416 e. The number of halogens is 18. The van der Waals surface area contributed by atoms with Crippen molar-refractivity contribution in [3.8, 4) is 17.1 Å². The monoisotopic (exact) mass is 1180 g/mol. The molecule has 23 heteroatoms. The van der Waals surface area contributed by atoms with E-state index in [0.717, 1.165) is 123 Å². The predicted octanol–water partition coefficient (Wildman–Crippen LogP) is 18.7. The van der Waals surface area contributed by atoms with Crippen LogP contribution in [0.25, 0.3) is 82.5 Å². The molecule has 0 aliphatic rings. The maximum Gasteiger partial charge on any atom is 0.416 e. The van der Waals surface area contributed by atoms with Crippen LogP contribution in [0.15, 0.2) is 182 Å². The van der Waals surface area contributed by atoms with Gasteiger partial charge in [0, 0.05) is 65.3 Å². The summed E-state index contributed by atoms with van der Waals surface area (Å²) in [7, 11) is -4.45. The number of aromatic nitrogens is 3. The van der Waals surface area contributed by atoms with Gasteiger partial charge in [0.1, 0.15) is 0 Å². The molecule has 422 valence electrons. The van der Waals surface area contributed by atoms with Gasteiger partial charge in [-0.2, -0.15) is 79.0 Å². The molecule has 3 aromatic heterocycles. The van der Waals surface area contributed by atoms with Crippen LogP contribution in [-0.2, 0) is 41.6 Å². The van der Waals surface area contributed by atoms with E-state index >= 15 is 4.57 Å². The summed E-state index contributed by atoms with van der Waals surface area (Å²) >= 11 is 0. The summed E-state index contributed by atoms with van der Waals surface area (Å²) in [5.41, 5.74) is -7.87. The first-order valence-corrected chi connectivity index (χ1v) is 26.1. The van der Waals surface area contributed by atoms with Crippen molar-refractivity contribution >= 4 is 88.5 Å². The molecule has 0 aliphatic heterocycles. The van der Waals surface area contributed by atoms with Crippen molar-refractivity contribution in [1.82, 2.24) is 13.7 Å². The smallest absolute Gasteiger partial charge is 0.309 e. The molecule has 0 saturated carbocycles. The van der Waals surface area contributed by atoms with Crippen molar-refractivity contribution in [2.45, 2.75) is 37.1 Å². The summed E-state index contributed by atoms with van der Waals surface area (Å²) in [6.45, 7) is 0. The van der Waals surface area contributed by atoms with Crippen LogP contribution in [-0.4, -0.2) is 13.7 Å². The van der Waals surface area contributed by atoms with E-state index in [1.807, 2.05) is 0 Å². The highest BCUT2D eigenvalue weighted by molar-refractivity contribution is 7.85. The average molecular weight is 1180 g/mol. The third-order valence-electron chi connectivity index (χ3n) is 14.7. The summed E-state index contributed by atoms with van der Waals surface area (Å²) in [6.07, 6.45) is -29.4. The maximum atomic E-state index is 16.4. The molecule has 0 radical (unpaired) electrons. The molecule has 4 nitrogen and oxygen atoms in total. The Hall–Kier alpha value is -8.65. The van der Waals surface area contributed by atoms with Gasteiger partial charge in [-0.15, -0.1) is 0 Å². The van der Waals surface area contributed by atoms with Crippen LogP contribution in [0, 0.1) is 0 Å². The highest BCUT2D eigenvalue weighted by Gasteiger charge is 2.38. The highest BCUT2D eigenvalue weighted by atomic mass is 31.2. The van der Waals surface area contributed by atoms with E-state index in [2.05, 4.69) is 0 Å². The summed E-state index contributed by atoms with van der Waals surface area (Å²) in [5.74, 6) is 0. The maximum absolute atomic E-state index is 16.4. The molecule has 0 unspecified atom stereocenters. The second-order valence-corrected chi connectivity index (χ2v) is 22.3. The number of nitrogens with zero attached hydrogens (tertiary/aromatic N) is 3. The van der Waals surface area contributed by atoms with E-state index in [1.54, 1.807) is 0 Å². The first kappa shape index (κ1) is 54.9. The SMILES string of the molecule is O=P(c1ccc(-n2c3cc(C(F)(F)F)ccc3c3ccc(C(F)(F)F)cc32)cc1)(c1ccc(-n2c3cc(C(F)(F)F)ccc3c3ccc(C(F)(F)F)cc32)cc1)c1ccc(-n2c3cc(C(F)(F)F)ccc3c3ccc(C(F)(F)F)cc32)cc1. The third-order valence-corrected chi connectivity index (χ3v) is 17.8. The zero-order valence-corrected chi connectivity index (χ0v) is 42.2. The summed E-state index contributed by atoms with van der Waals surface area (Å²) in [4.78, 5) is 0. The molecule has 3 heterocycles. The lowest BCUT2D eigenvalue weighted by Crippen LogP contribution is -2.25. The lowest BCUT2D eigenvalue weighted by atomic mass is 10.1. The van der Waals surface area contributed by atoms with Crippen molar-refractivity contribution in [1.29, 1.82) is 0 Å². The fourth-order valence-electron chi connectivity index (χ4n) is 10.8. The second-order valence-electron chi connectivity index (χ2n) is 19.5. The van der Waals surface area contributed by atoms with E-state index in [1.165, 1.54) is 72.8 Å². The lowest BCUT2D eigenvalue weighted by Gasteiger charge is -2.22. The molecule has 0 saturated heterocycles. The van der Waals surface area contributed by atoms with E-state index in [-0.39, 0.29) is 98.4 Å². The Morgan fingerprint density at radius 3 is 0.530 bits per heavy atom. The Morgan fingerprint density at radius 2 is 0.386 bits per heavy atom. The molecule has 83 heavy (non-hydrogen) atoms. The Kier molecular flexibility index (Phi) is 12.2. The first-order chi connectivity index (χ1) is 38.8. The molecule has 12 rings (SSSR count). The van der Waals surface area contributed by atoms with Crippen LogP contribution in [0.2, 0.25) is 0 Å². The van der Waals surface area contributed by atoms with Crippen LogP contribution < -0.4 is 15.9 Å². The van der Waals surface area contributed by atoms with Crippen LogP contribution in [0.1, 0.15) is 33.4 Å². The molecule has 0 fully saturated rings. The molecule has 9 aromatic carbocycles. The molecule has 0 atom stereocenters. The molecule has 0 bridgehead atoms. The number of hydrogen-bond acceptors (Lipinski definition) is 1. The Labute approximate surface area is 454 Å². The summed E-state index contributed by atoms with van der Waals surface area (Å²) in [6, 6.07) is 31.0. The zero-order valence-electron chi connectivity index (χ0n) is 41.3. The van der Waals surface area contributed by atoms with Crippen molar-refractivity contribution < 1.29 is 83.6 Å². The number of rotatable bonds is 6. The van der Waals surface area contributed by atoms with Crippen LogP contribution in [0.3, 0.4) is 0 Å². The average Bonchev–Trinajstić information content (AvgIpc) is 2.72. The van der Waals surface area contributed by atoms with Gasteiger partial charge in [0.05, 0.1) is 66.5 Å². The summed E-state index contributed by atoms with van der Waals surface area (Å²) < 4.78 is 275. The van der Waals surface area contributed by atoms with E-state index in [9.17, 15) is 79.0 Å². The van der Waals surface area contributed by atoms with Gasteiger partial charge < -0.3 is 18.3 Å². The molecule has 0 spiro atoms.